The molecular weight excluding hydrogens is 232 g/mol. The van der Waals surface area contributed by atoms with E-state index in [1.54, 1.807) is 6.20 Å². The normalized spacial score (nSPS) is 24.2. The zero-order chi connectivity index (χ0) is 12.5. The zero-order valence-corrected chi connectivity index (χ0v) is 9.78. The summed E-state index contributed by atoms with van der Waals surface area (Å²) in [6.45, 7) is 0.711. The molecule has 2 aromatic heterocycles. The van der Waals surface area contributed by atoms with Crippen LogP contribution >= 0.6 is 0 Å². The van der Waals surface area contributed by atoms with Crippen LogP contribution in [0.1, 0.15) is 24.6 Å². The van der Waals surface area contributed by atoms with Gasteiger partial charge in [-0.05, 0) is 25.5 Å². The Kier molecular flexibility index (Phi) is 2.71. The van der Waals surface area contributed by atoms with E-state index in [4.69, 9.17) is 5.11 Å². The summed E-state index contributed by atoms with van der Waals surface area (Å²) in [5, 5.41) is 12.4. The van der Waals surface area contributed by atoms with Gasteiger partial charge in [0.05, 0.1) is 17.7 Å². The van der Waals surface area contributed by atoms with Crippen LogP contribution < -0.4 is 5.32 Å². The fraction of sp³-hybridized carbons (Fsp3) is 0.417. The molecule has 2 aromatic rings. The topological polar surface area (TPSA) is 79.5 Å². The van der Waals surface area contributed by atoms with Crippen molar-refractivity contribution >= 4 is 11.7 Å². The first-order valence-corrected chi connectivity index (χ1v) is 6.00. The molecule has 0 bridgehead atoms. The minimum absolute atomic E-state index is 0.00144. The quantitative estimate of drug-likeness (QED) is 0.821. The third kappa shape index (κ3) is 1.95. The predicted molar refractivity (Wildman–Crippen MR) is 64.1 cm³/mol. The zero-order valence-electron chi connectivity index (χ0n) is 9.78. The highest BCUT2D eigenvalue weighted by Gasteiger charge is 2.28. The SMILES string of the molecule is O=C(O)C1CCNC(c2ccn3ccnc3n2)C1. The van der Waals surface area contributed by atoms with Crippen molar-refractivity contribution in [3.8, 4) is 0 Å². The second-order valence-corrected chi connectivity index (χ2v) is 4.55. The van der Waals surface area contributed by atoms with E-state index in [0.29, 0.717) is 25.2 Å². The van der Waals surface area contributed by atoms with E-state index in [-0.39, 0.29) is 12.0 Å². The van der Waals surface area contributed by atoms with Gasteiger partial charge in [-0.2, -0.15) is 0 Å². The molecule has 0 saturated carbocycles. The highest BCUT2D eigenvalue weighted by Crippen LogP contribution is 2.26. The number of rotatable bonds is 2. The number of nitrogens with one attached hydrogen (secondary N) is 1. The standard InChI is InChI=1S/C12H14N4O2/c17-11(18)8-1-3-13-10(7-8)9-2-5-16-6-4-14-12(16)15-9/h2,4-6,8,10,13H,1,3,7H2,(H,17,18). The lowest BCUT2D eigenvalue weighted by Gasteiger charge is -2.27. The first kappa shape index (κ1) is 11.2. The number of imidazole rings is 1. The maximum atomic E-state index is 11.0. The number of carboxylic acid groups (broad SMARTS) is 1. The Balaban J connectivity index is 1.86. The molecule has 3 heterocycles. The van der Waals surface area contributed by atoms with Crippen molar-refractivity contribution in [3.63, 3.8) is 0 Å². The largest absolute Gasteiger partial charge is 0.481 e. The van der Waals surface area contributed by atoms with Gasteiger partial charge >= 0.3 is 5.97 Å². The molecule has 0 radical (unpaired) electrons. The van der Waals surface area contributed by atoms with E-state index in [0.717, 1.165) is 5.69 Å². The molecule has 2 unspecified atom stereocenters. The second-order valence-electron chi connectivity index (χ2n) is 4.55. The molecule has 0 aromatic carbocycles. The van der Waals surface area contributed by atoms with Crippen molar-refractivity contribution < 1.29 is 9.90 Å². The summed E-state index contributed by atoms with van der Waals surface area (Å²) in [7, 11) is 0. The molecule has 1 aliphatic rings. The Morgan fingerprint density at radius 3 is 3.22 bits per heavy atom. The van der Waals surface area contributed by atoms with Gasteiger partial charge in [-0.3, -0.25) is 9.20 Å². The van der Waals surface area contributed by atoms with Crippen LogP contribution in [0.3, 0.4) is 0 Å². The van der Waals surface area contributed by atoms with Crippen molar-refractivity contribution in [1.29, 1.82) is 0 Å². The number of hydrogen-bond acceptors (Lipinski definition) is 4. The van der Waals surface area contributed by atoms with Crippen LogP contribution in [0.4, 0.5) is 0 Å². The van der Waals surface area contributed by atoms with Crippen molar-refractivity contribution in [2.24, 2.45) is 5.92 Å². The predicted octanol–water partition coefficient (Wildman–Crippen LogP) is 0.855. The van der Waals surface area contributed by atoms with E-state index in [1.807, 2.05) is 22.9 Å². The number of nitrogens with zero attached hydrogens (tertiary/aromatic N) is 3. The Morgan fingerprint density at radius 1 is 1.50 bits per heavy atom. The Labute approximate surface area is 104 Å². The maximum Gasteiger partial charge on any atom is 0.306 e. The summed E-state index contributed by atoms with van der Waals surface area (Å²) in [5.41, 5.74) is 0.861. The van der Waals surface area contributed by atoms with Crippen LogP contribution in [-0.4, -0.2) is 32.0 Å². The van der Waals surface area contributed by atoms with Gasteiger partial charge < -0.3 is 10.4 Å². The minimum atomic E-state index is -0.719. The molecule has 1 saturated heterocycles. The first-order valence-electron chi connectivity index (χ1n) is 6.00. The van der Waals surface area contributed by atoms with Gasteiger partial charge in [-0.25, -0.2) is 9.97 Å². The number of carbonyl (C=O) groups is 1. The maximum absolute atomic E-state index is 11.0. The lowest BCUT2D eigenvalue weighted by molar-refractivity contribution is -0.143. The van der Waals surface area contributed by atoms with Crippen molar-refractivity contribution in [1.82, 2.24) is 19.7 Å². The summed E-state index contributed by atoms with van der Waals surface area (Å²) in [6, 6.07) is 1.91. The van der Waals surface area contributed by atoms with Gasteiger partial charge in [0.15, 0.2) is 0 Å². The van der Waals surface area contributed by atoms with E-state index in [9.17, 15) is 4.79 Å². The highest BCUT2D eigenvalue weighted by atomic mass is 16.4. The summed E-state index contributed by atoms with van der Waals surface area (Å²) in [6.07, 6.45) is 6.69. The molecule has 2 N–H and O–H groups in total. The molecular formula is C12H14N4O2. The van der Waals surface area contributed by atoms with Crippen LogP contribution in [0, 0.1) is 5.92 Å². The lowest BCUT2D eigenvalue weighted by atomic mass is 9.91. The van der Waals surface area contributed by atoms with Gasteiger partial charge in [0.1, 0.15) is 0 Å². The summed E-state index contributed by atoms with van der Waals surface area (Å²) in [4.78, 5) is 19.6. The minimum Gasteiger partial charge on any atom is -0.481 e. The number of aromatic nitrogens is 3. The Hall–Kier alpha value is -1.95. The van der Waals surface area contributed by atoms with E-state index < -0.39 is 5.97 Å². The molecule has 94 valence electrons. The average molecular weight is 246 g/mol. The van der Waals surface area contributed by atoms with Crippen LogP contribution in [-0.2, 0) is 4.79 Å². The molecule has 18 heavy (non-hydrogen) atoms. The molecule has 1 fully saturated rings. The molecule has 0 amide bonds. The van der Waals surface area contributed by atoms with E-state index in [1.165, 1.54) is 0 Å². The lowest BCUT2D eigenvalue weighted by Crippen LogP contribution is -2.35. The summed E-state index contributed by atoms with van der Waals surface area (Å²) in [5.74, 6) is -0.357. The molecule has 1 aliphatic heterocycles. The van der Waals surface area contributed by atoms with E-state index >= 15 is 0 Å². The molecule has 6 heteroatoms. The number of aliphatic carboxylic acids is 1. The molecule has 3 rings (SSSR count). The summed E-state index contributed by atoms with van der Waals surface area (Å²) < 4.78 is 1.83. The van der Waals surface area contributed by atoms with Crippen molar-refractivity contribution in [3.05, 3.63) is 30.4 Å². The molecule has 0 aliphatic carbocycles. The Morgan fingerprint density at radius 2 is 2.39 bits per heavy atom. The van der Waals surface area contributed by atoms with Gasteiger partial charge in [0.25, 0.3) is 0 Å². The third-order valence-electron chi connectivity index (χ3n) is 3.39. The van der Waals surface area contributed by atoms with Crippen LogP contribution in [0.15, 0.2) is 24.7 Å². The number of piperidine rings is 1. The molecule has 6 nitrogen and oxygen atoms in total. The number of fused-ring (bicyclic) bond motifs is 1. The van der Waals surface area contributed by atoms with E-state index in [2.05, 4.69) is 15.3 Å². The fourth-order valence-electron chi connectivity index (χ4n) is 2.38. The molecule has 2 atom stereocenters. The summed E-state index contributed by atoms with van der Waals surface area (Å²) >= 11 is 0. The Bertz CT molecular complexity index is 580. The number of carboxylic acids is 1. The van der Waals surface area contributed by atoms with Crippen molar-refractivity contribution in [2.45, 2.75) is 18.9 Å². The smallest absolute Gasteiger partial charge is 0.306 e. The monoisotopic (exact) mass is 246 g/mol. The first-order chi connectivity index (χ1) is 8.74. The van der Waals surface area contributed by atoms with Gasteiger partial charge in [-0.15, -0.1) is 0 Å². The average Bonchev–Trinajstić information content (AvgIpc) is 2.86. The van der Waals surface area contributed by atoms with Crippen LogP contribution in [0.5, 0.6) is 0 Å². The van der Waals surface area contributed by atoms with Crippen molar-refractivity contribution in [2.75, 3.05) is 6.54 Å². The highest BCUT2D eigenvalue weighted by molar-refractivity contribution is 5.70. The molecule has 0 spiro atoms. The van der Waals surface area contributed by atoms with Gasteiger partial charge in [0.2, 0.25) is 5.78 Å². The second kappa shape index (κ2) is 4.38. The third-order valence-corrected chi connectivity index (χ3v) is 3.39. The van der Waals surface area contributed by atoms with Gasteiger partial charge in [-0.1, -0.05) is 0 Å². The number of hydrogen-bond donors (Lipinski definition) is 2. The van der Waals surface area contributed by atoms with Crippen LogP contribution in [0.25, 0.3) is 5.78 Å². The fourth-order valence-corrected chi connectivity index (χ4v) is 2.38. The van der Waals surface area contributed by atoms with Gasteiger partial charge in [0, 0.05) is 18.6 Å². The van der Waals surface area contributed by atoms with Crippen LogP contribution in [0.2, 0.25) is 0 Å².